The second-order valence-electron chi connectivity index (χ2n) is 5.18. The zero-order chi connectivity index (χ0) is 14.5. The van der Waals surface area contributed by atoms with Gasteiger partial charge in [-0.15, -0.1) is 0 Å². The molecule has 20 heavy (non-hydrogen) atoms. The van der Waals surface area contributed by atoms with Crippen LogP contribution in [-0.2, 0) is 0 Å². The highest BCUT2D eigenvalue weighted by Gasteiger charge is 2.18. The molecule has 3 heteroatoms. The Kier molecular flexibility index (Phi) is 4.85. The van der Waals surface area contributed by atoms with E-state index in [9.17, 15) is 4.39 Å². The lowest BCUT2D eigenvalue weighted by Crippen LogP contribution is -2.24. The number of pyridine rings is 1. The van der Waals surface area contributed by atoms with Gasteiger partial charge in [-0.05, 0) is 35.7 Å². The van der Waals surface area contributed by atoms with Gasteiger partial charge in [0.15, 0.2) is 0 Å². The van der Waals surface area contributed by atoms with E-state index in [-0.39, 0.29) is 11.9 Å². The Balaban J connectivity index is 2.36. The normalized spacial score (nSPS) is 12.7. The second kappa shape index (κ2) is 6.62. The van der Waals surface area contributed by atoms with Crippen LogP contribution in [0.3, 0.4) is 0 Å². The van der Waals surface area contributed by atoms with Gasteiger partial charge in [0.2, 0.25) is 0 Å². The van der Waals surface area contributed by atoms with E-state index >= 15 is 0 Å². The first kappa shape index (κ1) is 14.7. The average molecular weight is 272 g/mol. The number of nitrogens with one attached hydrogen (secondary N) is 1. The van der Waals surface area contributed by atoms with Crippen molar-refractivity contribution in [3.05, 3.63) is 65.2 Å². The van der Waals surface area contributed by atoms with Gasteiger partial charge in [-0.3, -0.25) is 4.98 Å². The van der Waals surface area contributed by atoms with E-state index in [2.05, 4.69) is 48.4 Å². The fourth-order valence-corrected chi connectivity index (χ4v) is 2.26. The van der Waals surface area contributed by atoms with Gasteiger partial charge in [0.1, 0.15) is 5.82 Å². The number of hydrogen-bond donors (Lipinski definition) is 1. The lowest BCUT2D eigenvalue weighted by Gasteiger charge is -2.19. The van der Waals surface area contributed by atoms with Crippen molar-refractivity contribution in [2.24, 2.45) is 0 Å². The smallest absolute Gasteiger partial charge is 0.146 e. The van der Waals surface area contributed by atoms with Gasteiger partial charge in [0.05, 0.1) is 11.7 Å². The van der Waals surface area contributed by atoms with Gasteiger partial charge in [-0.2, -0.15) is 0 Å². The maximum Gasteiger partial charge on any atom is 0.146 e. The maximum absolute atomic E-state index is 14.0. The zero-order valence-electron chi connectivity index (χ0n) is 12.2. The molecule has 1 heterocycles. The lowest BCUT2D eigenvalue weighted by molar-refractivity contribution is 0.542. The number of benzene rings is 1. The van der Waals surface area contributed by atoms with Gasteiger partial charge in [0, 0.05) is 6.20 Å². The fourth-order valence-electron chi connectivity index (χ4n) is 2.26. The van der Waals surface area contributed by atoms with E-state index in [4.69, 9.17) is 0 Å². The van der Waals surface area contributed by atoms with Crippen molar-refractivity contribution in [1.29, 1.82) is 0 Å². The highest BCUT2D eigenvalue weighted by Crippen LogP contribution is 2.24. The topological polar surface area (TPSA) is 24.9 Å². The van der Waals surface area contributed by atoms with E-state index in [1.165, 1.54) is 11.6 Å². The predicted octanol–water partition coefficient (Wildman–Crippen LogP) is 4.04. The molecule has 1 unspecified atom stereocenters. The van der Waals surface area contributed by atoms with E-state index in [0.29, 0.717) is 11.6 Å². The van der Waals surface area contributed by atoms with Crippen molar-refractivity contribution >= 4 is 0 Å². The summed E-state index contributed by atoms with van der Waals surface area (Å²) in [7, 11) is 0. The van der Waals surface area contributed by atoms with Gasteiger partial charge >= 0.3 is 0 Å². The van der Waals surface area contributed by atoms with Gasteiger partial charge in [-0.25, -0.2) is 4.39 Å². The highest BCUT2D eigenvalue weighted by atomic mass is 19.1. The molecule has 2 rings (SSSR count). The summed E-state index contributed by atoms with van der Waals surface area (Å²) < 4.78 is 14.0. The number of nitrogens with zero attached hydrogens (tertiary/aromatic N) is 1. The molecule has 0 bridgehead atoms. The Labute approximate surface area is 120 Å². The summed E-state index contributed by atoms with van der Waals surface area (Å²) in [6.45, 7) is 7.09. The molecule has 1 N–H and O–H groups in total. The first-order chi connectivity index (χ1) is 9.63. The molecular formula is C17H21FN2. The third kappa shape index (κ3) is 3.23. The van der Waals surface area contributed by atoms with Crippen LogP contribution < -0.4 is 5.32 Å². The summed E-state index contributed by atoms with van der Waals surface area (Å²) in [4.78, 5) is 4.19. The Bertz CT molecular complexity index is 549. The van der Waals surface area contributed by atoms with Crippen LogP contribution in [0.15, 0.2) is 42.6 Å². The molecule has 2 aromatic rings. The number of halogens is 1. The Hall–Kier alpha value is -1.74. The Morgan fingerprint density at radius 1 is 1.10 bits per heavy atom. The van der Waals surface area contributed by atoms with Crippen molar-refractivity contribution in [2.45, 2.75) is 32.7 Å². The molecule has 0 aliphatic rings. The molecule has 0 saturated heterocycles. The summed E-state index contributed by atoms with van der Waals surface area (Å²) >= 11 is 0. The monoisotopic (exact) mass is 272 g/mol. The van der Waals surface area contributed by atoms with E-state index in [0.717, 1.165) is 12.1 Å². The quantitative estimate of drug-likeness (QED) is 0.888. The largest absolute Gasteiger partial charge is 0.305 e. The van der Waals surface area contributed by atoms with Gasteiger partial charge < -0.3 is 5.32 Å². The SMILES string of the molecule is CCNC(c1ccc(C(C)C)cc1)c1ncccc1F. The summed E-state index contributed by atoms with van der Waals surface area (Å²) in [5, 5.41) is 3.30. The summed E-state index contributed by atoms with van der Waals surface area (Å²) in [6, 6.07) is 11.2. The van der Waals surface area contributed by atoms with E-state index in [1.807, 2.05) is 6.92 Å². The zero-order valence-corrected chi connectivity index (χ0v) is 12.2. The van der Waals surface area contributed by atoms with Crippen LogP contribution in [0.4, 0.5) is 4.39 Å². The second-order valence-corrected chi connectivity index (χ2v) is 5.18. The molecule has 1 atom stereocenters. The first-order valence-corrected chi connectivity index (χ1v) is 7.07. The fraction of sp³-hybridized carbons (Fsp3) is 0.353. The van der Waals surface area contributed by atoms with Gasteiger partial charge in [-0.1, -0.05) is 45.0 Å². The van der Waals surface area contributed by atoms with Crippen LogP contribution >= 0.6 is 0 Å². The van der Waals surface area contributed by atoms with Crippen LogP contribution in [0.1, 0.15) is 49.6 Å². The molecule has 1 aromatic carbocycles. The summed E-state index contributed by atoms with van der Waals surface area (Å²) in [6.07, 6.45) is 1.63. The molecular weight excluding hydrogens is 251 g/mol. The summed E-state index contributed by atoms with van der Waals surface area (Å²) in [5.74, 6) is 0.222. The lowest BCUT2D eigenvalue weighted by atomic mass is 9.97. The van der Waals surface area contributed by atoms with Crippen molar-refractivity contribution in [1.82, 2.24) is 10.3 Å². The van der Waals surface area contributed by atoms with Crippen molar-refractivity contribution in [3.8, 4) is 0 Å². The van der Waals surface area contributed by atoms with Crippen molar-refractivity contribution in [3.63, 3.8) is 0 Å². The van der Waals surface area contributed by atoms with Crippen LogP contribution in [0.25, 0.3) is 0 Å². The minimum absolute atomic E-state index is 0.206. The van der Waals surface area contributed by atoms with Crippen LogP contribution in [0, 0.1) is 5.82 Å². The summed E-state index contributed by atoms with van der Waals surface area (Å²) in [5.41, 5.74) is 2.77. The molecule has 1 aromatic heterocycles. The van der Waals surface area contributed by atoms with Crippen LogP contribution in [0.5, 0.6) is 0 Å². The van der Waals surface area contributed by atoms with Crippen molar-refractivity contribution < 1.29 is 4.39 Å². The molecule has 106 valence electrons. The Morgan fingerprint density at radius 2 is 1.75 bits per heavy atom. The standard InChI is InChI=1S/C17H21FN2/c1-4-19-16(17-15(18)6-5-11-20-17)14-9-7-13(8-10-14)12(2)3/h5-12,16,19H,4H2,1-3H3. The van der Waals surface area contributed by atoms with Crippen molar-refractivity contribution in [2.75, 3.05) is 6.54 Å². The number of rotatable bonds is 5. The minimum atomic E-state index is -0.272. The molecule has 0 aliphatic heterocycles. The van der Waals surface area contributed by atoms with Crippen LogP contribution in [0.2, 0.25) is 0 Å². The molecule has 0 saturated carbocycles. The maximum atomic E-state index is 14.0. The Morgan fingerprint density at radius 3 is 2.30 bits per heavy atom. The molecule has 0 amide bonds. The predicted molar refractivity (Wildman–Crippen MR) is 80.2 cm³/mol. The van der Waals surface area contributed by atoms with E-state index < -0.39 is 0 Å². The third-order valence-corrected chi connectivity index (χ3v) is 3.41. The molecule has 0 fully saturated rings. The molecule has 2 nitrogen and oxygen atoms in total. The first-order valence-electron chi connectivity index (χ1n) is 7.07. The van der Waals surface area contributed by atoms with Crippen LogP contribution in [-0.4, -0.2) is 11.5 Å². The third-order valence-electron chi connectivity index (χ3n) is 3.41. The van der Waals surface area contributed by atoms with E-state index in [1.54, 1.807) is 12.3 Å². The average Bonchev–Trinajstić information content (AvgIpc) is 2.46. The number of aromatic nitrogens is 1. The molecule has 0 aliphatic carbocycles. The minimum Gasteiger partial charge on any atom is -0.305 e. The van der Waals surface area contributed by atoms with Gasteiger partial charge in [0.25, 0.3) is 0 Å². The molecule has 0 radical (unpaired) electrons. The number of hydrogen-bond acceptors (Lipinski definition) is 2. The highest BCUT2D eigenvalue weighted by molar-refractivity contribution is 5.32. The molecule has 0 spiro atoms.